The summed E-state index contributed by atoms with van der Waals surface area (Å²) < 4.78 is 18.2. The number of amides is 1. The Labute approximate surface area is 122 Å². The maximum Gasteiger partial charge on any atom is 0.409 e. The summed E-state index contributed by atoms with van der Waals surface area (Å²) in [5.74, 6) is -0.530. The first kappa shape index (κ1) is 14.7. The van der Waals surface area contributed by atoms with Gasteiger partial charge in [-0.05, 0) is 13.0 Å². The van der Waals surface area contributed by atoms with Crippen LogP contribution in [0.4, 0.5) is 20.6 Å². The maximum atomic E-state index is 13.3. The Morgan fingerprint density at radius 2 is 2.05 bits per heavy atom. The fourth-order valence-electron chi connectivity index (χ4n) is 2.17. The third-order valence-electron chi connectivity index (χ3n) is 3.22. The highest BCUT2D eigenvalue weighted by Crippen LogP contribution is 2.30. The number of ether oxygens (including phenoxy) is 1. The Hall–Kier alpha value is -1.69. The van der Waals surface area contributed by atoms with Gasteiger partial charge in [-0.25, -0.2) is 9.18 Å². The number of benzene rings is 1. The van der Waals surface area contributed by atoms with E-state index in [0.717, 1.165) is 0 Å². The first-order valence-electron chi connectivity index (χ1n) is 6.44. The number of hydrogen-bond donors (Lipinski definition) is 1. The maximum absolute atomic E-state index is 13.3. The van der Waals surface area contributed by atoms with Gasteiger partial charge in [-0.3, -0.25) is 0 Å². The third kappa shape index (κ3) is 3.07. The van der Waals surface area contributed by atoms with E-state index in [1.807, 2.05) is 4.90 Å². The molecule has 110 valence electrons. The van der Waals surface area contributed by atoms with Crippen molar-refractivity contribution in [1.82, 2.24) is 4.90 Å². The minimum atomic E-state index is -0.530. The summed E-state index contributed by atoms with van der Waals surface area (Å²) in [6.45, 7) is 4.41. The Morgan fingerprint density at radius 1 is 1.40 bits per heavy atom. The van der Waals surface area contributed by atoms with Gasteiger partial charge in [0.2, 0.25) is 0 Å². The van der Waals surface area contributed by atoms with E-state index in [-0.39, 0.29) is 11.1 Å². The average molecular weight is 302 g/mol. The van der Waals surface area contributed by atoms with Crippen molar-refractivity contribution in [2.75, 3.05) is 43.4 Å². The standard InChI is InChI=1S/C13H17ClFN3O2/c1-2-20-13(19)18-5-3-17(4-6-18)12-7-9(14)10(15)8-11(12)16/h7-8H,2-6,16H2,1H3. The molecule has 0 unspecified atom stereocenters. The second kappa shape index (κ2) is 6.17. The summed E-state index contributed by atoms with van der Waals surface area (Å²) in [4.78, 5) is 15.2. The van der Waals surface area contributed by atoms with Crippen LogP contribution in [0.3, 0.4) is 0 Å². The predicted molar refractivity (Wildman–Crippen MR) is 76.6 cm³/mol. The summed E-state index contributed by atoms with van der Waals surface area (Å²) in [7, 11) is 0. The molecule has 1 aliphatic rings. The molecule has 5 nitrogen and oxygen atoms in total. The van der Waals surface area contributed by atoms with Crippen molar-refractivity contribution in [1.29, 1.82) is 0 Å². The quantitative estimate of drug-likeness (QED) is 0.852. The van der Waals surface area contributed by atoms with Gasteiger partial charge >= 0.3 is 6.09 Å². The number of nitrogen functional groups attached to an aromatic ring is 1. The lowest BCUT2D eigenvalue weighted by Crippen LogP contribution is -2.49. The molecule has 1 saturated heterocycles. The second-order valence-electron chi connectivity index (χ2n) is 4.50. The topological polar surface area (TPSA) is 58.8 Å². The molecule has 0 atom stereocenters. The predicted octanol–water partition coefficient (Wildman–Crippen LogP) is 2.34. The van der Waals surface area contributed by atoms with Gasteiger partial charge in [0.05, 0.1) is 23.0 Å². The van der Waals surface area contributed by atoms with Crippen molar-refractivity contribution < 1.29 is 13.9 Å². The Morgan fingerprint density at radius 3 is 2.65 bits per heavy atom. The number of rotatable bonds is 2. The summed E-state index contributed by atoms with van der Waals surface area (Å²) in [6, 6.07) is 2.74. The fraction of sp³-hybridized carbons (Fsp3) is 0.462. The molecule has 2 rings (SSSR count). The molecule has 7 heteroatoms. The molecule has 1 heterocycles. The molecule has 20 heavy (non-hydrogen) atoms. The van der Waals surface area contributed by atoms with Crippen LogP contribution < -0.4 is 10.6 Å². The van der Waals surface area contributed by atoms with Crippen LogP contribution in [0.1, 0.15) is 6.92 Å². The summed E-state index contributed by atoms with van der Waals surface area (Å²) in [5.41, 5.74) is 6.86. The smallest absolute Gasteiger partial charge is 0.409 e. The molecule has 1 aliphatic heterocycles. The van der Waals surface area contributed by atoms with Gasteiger partial charge in [-0.1, -0.05) is 11.6 Å². The molecule has 1 fully saturated rings. The minimum Gasteiger partial charge on any atom is -0.450 e. The lowest BCUT2D eigenvalue weighted by molar-refractivity contribution is 0.105. The Bertz CT molecular complexity index is 505. The van der Waals surface area contributed by atoms with Crippen LogP contribution in [0.2, 0.25) is 5.02 Å². The van der Waals surface area contributed by atoms with E-state index in [0.29, 0.717) is 44.2 Å². The lowest BCUT2D eigenvalue weighted by atomic mass is 10.2. The molecule has 0 aromatic heterocycles. The van der Waals surface area contributed by atoms with Crippen molar-refractivity contribution in [3.63, 3.8) is 0 Å². The van der Waals surface area contributed by atoms with Gasteiger partial charge in [0.1, 0.15) is 5.82 Å². The van der Waals surface area contributed by atoms with Crippen LogP contribution in [-0.4, -0.2) is 43.8 Å². The number of carbonyl (C=O) groups is 1. The van der Waals surface area contributed by atoms with E-state index < -0.39 is 5.82 Å². The zero-order valence-corrected chi connectivity index (χ0v) is 12.0. The summed E-state index contributed by atoms with van der Waals surface area (Å²) in [5, 5.41) is 0.0435. The molecule has 0 aliphatic carbocycles. The first-order chi connectivity index (χ1) is 9.52. The van der Waals surface area contributed by atoms with Gasteiger partial charge in [-0.2, -0.15) is 0 Å². The van der Waals surface area contributed by atoms with E-state index in [1.165, 1.54) is 12.1 Å². The molecule has 1 amide bonds. The first-order valence-corrected chi connectivity index (χ1v) is 6.82. The summed E-state index contributed by atoms with van der Waals surface area (Å²) in [6.07, 6.45) is -0.308. The monoisotopic (exact) mass is 301 g/mol. The van der Waals surface area contributed by atoms with E-state index in [2.05, 4.69) is 0 Å². The van der Waals surface area contributed by atoms with Crippen LogP contribution in [0.15, 0.2) is 12.1 Å². The van der Waals surface area contributed by atoms with Crippen LogP contribution in [0, 0.1) is 5.82 Å². The van der Waals surface area contributed by atoms with Crippen molar-refractivity contribution in [3.8, 4) is 0 Å². The van der Waals surface area contributed by atoms with Gasteiger partial charge in [0, 0.05) is 32.2 Å². The van der Waals surface area contributed by atoms with E-state index in [9.17, 15) is 9.18 Å². The van der Waals surface area contributed by atoms with Gasteiger partial charge in [-0.15, -0.1) is 0 Å². The zero-order chi connectivity index (χ0) is 14.7. The van der Waals surface area contributed by atoms with Gasteiger partial charge < -0.3 is 20.3 Å². The number of halogens is 2. The SMILES string of the molecule is CCOC(=O)N1CCN(c2cc(Cl)c(F)cc2N)CC1. The normalized spacial score (nSPS) is 15.3. The molecule has 1 aromatic carbocycles. The number of nitrogens with zero attached hydrogens (tertiary/aromatic N) is 2. The van der Waals surface area contributed by atoms with Crippen molar-refractivity contribution >= 4 is 29.1 Å². The highest BCUT2D eigenvalue weighted by molar-refractivity contribution is 6.31. The summed E-state index contributed by atoms with van der Waals surface area (Å²) >= 11 is 5.78. The highest BCUT2D eigenvalue weighted by Gasteiger charge is 2.23. The average Bonchev–Trinajstić information content (AvgIpc) is 2.43. The number of hydrogen-bond acceptors (Lipinski definition) is 4. The van der Waals surface area contributed by atoms with Crippen LogP contribution in [-0.2, 0) is 4.74 Å². The van der Waals surface area contributed by atoms with Crippen molar-refractivity contribution in [2.45, 2.75) is 6.92 Å². The van der Waals surface area contributed by atoms with Crippen LogP contribution in [0.25, 0.3) is 0 Å². The molecule has 1 aromatic rings. The number of carbonyl (C=O) groups excluding carboxylic acids is 1. The number of piperazine rings is 1. The van der Waals surface area contributed by atoms with Gasteiger partial charge in [0.25, 0.3) is 0 Å². The molecule has 0 saturated carbocycles. The minimum absolute atomic E-state index is 0.0435. The largest absolute Gasteiger partial charge is 0.450 e. The number of anilines is 2. The molecular formula is C13H17ClFN3O2. The van der Waals surface area contributed by atoms with Crippen LogP contribution >= 0.6 is 11.6 Å². The Balaban J connectivity index is 2.04. The van der Waals surface area contributed by atoms with E-state index >= 15 is 0 Å². The third-order valence-corrected chi connectivity index (χ3v) is 3.51. The molecule has 0 radical (unpaired) electrons. The van der Waals surface area contributed by atoms with Crippen molar-refractivity contribution in [3.05, 3.63) is 23.0 Å². The van der Waals surface area contributed by atoms with Crippen molar-refractivity contribution in [2.24, 2.45) is 0 Å². The number of nitrogens with two attached hydrogens (primary N) is 1. The van der Waals surface area contributed by atoms with E-state index in [1.54, 1.807) is 11.8 Å². The second-order valence-corrected chi connectivity index (χ2v) is 4.91. The molecular weight excluding hydrogens is 285 g/mol. The zero-order valence-electron chi connectivity index (χ0n) is 11.2. The Kier molecular flexibility index (Phi) is 4.54. The van der Waals surface area contributed by atoms with Gasteiger partial charge in [0.15, 0.2) is 0 Å². The fourth-order valence-corrected chi connectivity index (χ4v) is 2.33. The lowest BCUT2D eigenvalue weighted by Gasteiger charge is -2.36. The molecule has 0 bridgehead atoms. The highest BCUT2D eigenvalue weighted by atomic mass is 35.5. The van der Waals surface area contributed by atoms with E-state index in [4.69, 9.17) is 22.1 Å². The molecule has 0 spiro atoms. The van der Waals surface area contributed by atoms with Crippen LogP contribution in [0.5, 0.6) is 0 Å². The molecule has 2 N–H and O–H groups in total.